The fourth-order valence-electron chi connectivity index (χ4n) is 2.49. The molecule has 92 valence electrons. The summed E-state index contributed by atoms with van der Waals surface area (Å²) in [6.07, 6.45) is 8.41. The smallest absolute Gasteiger partial charge is 0.315 e. The predicted molar refractivity (Wildman–Crippen MR) is 64.1 cm³/mol. The van der Waals surface area contributed by atoms with Crippen molar-refractivity contribution >= 4 is 6.03 Å². The first kappa shape index (κ1) is 11.7. The lowest BCUT2D eigenvalue weighted by molar-refractivity contribution is 0.187. The molecule has 0 atom stereocenters. The highest BCUT2D eigenvalue weighted by Gasteiger charge is 2.31. The Labute approximate surface area is 97.3 Å². The summed E-state index contributed by atoms with van der Waals surface area (Å²) in [7, 11) is 0. The average molecular weight is 225 g/mol. The van der Waals surface area contributed by atoms with E-state index >= 15 is 0 Å². The van der Waals surface area contributed by atoms with Crippen molar-refractivity contribution < 1.29 is 4.79 Å². The van der Waals surface area contributed by atoms with Gasteiger partial charge in [-0.2, -0.15) is 0 Å². The molecule has 0 saturated heterocycles. The number of nitrogens with two attached hydrogens (primary N) is 1. The minimum atomic E-state index is -0.0131. The van der Waals surface area contributed by atoms with Gasteiger partial charge >= 0.3 is 6.03 Å². The number of hydrogen-bond acceptors (Lipinski definition) is 2. The number of rotatable bonds is 4. The van der Waals surface area contributed by atoms with E-state index in [1.165, 1.54) is 19.3 Å². The zero-order valence-electron chi connectivity index (χ0n) is 9.93. The Bertz CT molecular complexity index is 245. The SMILES string of the molecule is NCC1(CNC(=O)NC2CC2)CCCCC1. The third kappa shape index (κ3) is 3.11. The van der Waals surface area contributed by atoms with E-state index in [9.17, 15) is 4.79 Å². The third-order valence-electron chi connectivity index (χ3n) is 3.88. The first-order valence-electron chi connectivity index (χ1n) is 6.49. The molecule has 4 nitrogen and oxygen atoms in total. The molecule has 2 aliphatic carbocycles. The maximum absolute atomic E-state index is 11.5. The van der Waals surface area contributed by atoms with E-state index in [2.05, 4.69) is 10.6 Å². The first-order chi connectivity index (χ1) is 7.74. The predicted octanol–water partition coefficient (Wildman–Crippen LogP) is 1.36. The van der Waals surface area contributed by atoms with Crippen LogP contribution in [-0.2, 0) is 0 Å². The summed E-state index contributed by atoms with van der Waals surface area (Å²) in [5.74, 6) is 0. The van der Waals surface area contributed by atoms with Gasteiger partial charge in [0.1, 0.15) is 0 Å². The lowest BCUT2D eigenvalue weighted by Gasteiger charge is -2.36. The number of amides is 2. The first-order valence-corrected chi connectivity index (χ1v) is 6.49. The van der Waals surface area contributed by atoms with Crippen LogP contribution in [0.3, 0.4) is 0 Å². The zero-order valence-corrected chi connectivity index (χ0v) is 9.93. The molecule has 0 radical (unpaired) electrons. The minimum Gasteiger partial charge on any atom is -0.338 e. The Kier molecular flexibility index (Phi) is 3.69. The molecule has 2 aliphatic rings. The minimum absolute atomic E-state index is 0.0131. The molecular weight excluding hydrogens is 202 g/mol. The van der Waals surface area contributed by atoms with Crippen LogP contribution in [0.5, 0.6) is 0 Å². The molecule has 0 aromatic carbocycles. The lowest BCUT2D eigenvalue weighted by Crippen LogP contribution is -2.47. The van der Waals surface area contributed by atoms with Gasteiger partial charge in [0.15, 0.2) is 0 Å². The topological polar surface area (TPSA) is 67.1 Å². The van der Waals surface area contributed by atoms with Crippen LogP contribution in [0.4, 0.5) is 4.79 Å². The molecule has 0 spiro atoms. The molecule has 0 aliphatic heterocycles. The van der Waals surface area contributed by atoms with E-state index < -0.39 is 0 Å². The van der Waals surface area contributed by atoms with Gasteiger partial charge in [0.2, 0.25) is 0 Å². The van der Waals surface area contributed by atoms with Crippen molar-refractivity contribution in [3.8, 4) is 0 Å². The summed E-state index contributed by atoms with van der Waals surface area (Å²) in [4.78, 5) is 11.5. The molecule has 0 unspecified atom stereocenters. The molecular formula is C12H23N3O. The standard InChI is InChI=1S/C12H23N3O/c13-8-12(6-2-1-3-7-12)9-14-11(16)15-10-4-5-10/h10H,1-9,13H2,(H2,14,15,16). The van der Waals surface area contributed by atoms with Crippen LogP contribution >= 0.6 is 0 Å². The van der Waals surface area contributed by atoms with E-state index in [4.69, 9.17) is 5.73 Å². The Hall–Kier alpha value is -0.770. The van der Waals surface area contributed by atoms with Gasteiger partial charge in [-0.1, -0.05) is 19.3 Å². The molecule has 0 bridgehead atoms. The molecule has 2 rings (SSSR count). The monoisotopic (exact) mass is 225 g/mol. The van der Waals surface area contributed by atoms with Crippen LogP contribution < -0.4 is 16.4 Å². The highest BCUT2D eigenvalue weighted by Crippen LogP contribution is 2.34. The van der Waals surface area contributed by atoms with Crippen LogP contribution in [0.25, 0.3) is 0 Å². The second-order valence-electron chi connectivity index (χ2n) is 5.37. The Morgan fingerprint density at radius 2 is 1.94 bits per heavy atom. The fraction of sp³-hybridized carbons (Fsp3) is 0.917. The fourth-order valence-corrected chi connectivity index (χ4v) is 2.49. The third-order valence-corrected chi connectivity index (χ3v) is 3.88. The number of urea groups is 1. The molecule has 4 N–H and O–H groups in total. The normalized spacial score (nSPS) is 23.8. The van der Waals surface area contributed by atoms with Crippen LogP contribution in [0.15, 0.2) is 0 Å². The number of nitrogens with one attached hydrogen (secondary N) is 2. The molecule has 0 aromatic rings. The van der Waals surface area contributed by atoms with E-state index in [1.54, 1.807) is 0 Å². The quantitative estimate of drug-likeness (QED) is 0.676. The molecule has 2 fully saturated rings. The van der Waals surface area contributed by atoms with Crippen molar-refractivity contribution in [2.24, 2.45) is 11.1 Å². The molecule has 2 saturated carbocycles. The van der Waals surface area contributed by atoms with Crippen molar-refractivity contribution in [2.45, 2.75) is 51.0 Å². The van der Waals surface area contributed by atoms with Crippen molar-refractivity contribution in [3.05, 3.63) is 0 Å². The van der Waals surface area contributed by atoms with Crippen molar-refractivity contribution in [2.75, 3.05) is 13.1 Å². The maximum Gasteiger partial charge on any atom is 0.315 e. The molecule has 0 aromatic heterocycles. The molecule has 4 heteroatoms. The highest BCUT2D eigenvalue weighted by atomic mass is 16.2. The van der Waals surface area contributed by atoms with E-state index in [-0.39, 0.29) is 11.4 Å². The van der Waals surface area contributed by atoms with E-state index in [1.807, 2.05) is 0 Å². The van der Waals surface area contributed by atoms with Crippen LogP contribution in [0.1, 0.15) is 44.9 Å². The van der Waals surface area contributed by atoms with E-state index in [0.29, 0.717) is 12.6 Å². The number of carbonyl (C=O) groups excluding carboxylic acids is 1. The highest BCUT2D eigenvalue weighted by molar-refractivity contribution is 5.74. The van der Waals surface area contributed by atoms with Gasteiger partial charge in [-0.05, 0) is 32.2 Å². The Balaban J connectivity index is 1.74. The van der Waals surface area contributed by atoms with Gasteiger partial charge in [-0.15, -0.1) is 0 Å². The van der Waals surface area contributed by atoms with Crippen molar-refractivity contribution in [1.82, 2.24) is 10.6 Å². The van der Waals surface area contributed by atoms with Crippen LogP contribution in [0, 0.1) is 5.41 Å². The largest absolute Gasteiger partial charge is 0.338 e. The summed E-state index contributed by atoms with van der Waals surface area (Å²) in [6, 6.07) is 0.418. The van der Waals surface area contributed by atoms with Gasteiger partial charge in [-0.3, -0.25) is 0 Å². The van der Waals surface area contributed by atoms with Crippen LogP contribution in [-0.4, -0.2) is 25.2 Å². The summed E-state index contributed by atoms with van der Waals surface area (Å²) in [5, 5.41) is 5.93. The van der Waals surface area contributed by atoms with Gasteiger partial charge in [0, 0.05) is 18.0 Å². The molecule has 0 heterocycles. The summed E-state index contributed by atoms with van der Waals surface area (Å²) >= 11 is 0. The van der Waals surface area contributed by atoms with Gasteiger partial charge in [0.25, 0.3) is 0 Å². The Morgan fingerprint density at radius 3 is 2.50 bits per heavy atom. The van der Waals surface area contributed by atoms with Crippen molar-refractivity contribution in [3.63, 3.8) is 0 Å². The summed E-state index contributed by atoms with van der Waals surface area (Å²) in [6.45, 7) is 1.43. The maximum atomic E-state index is 11.5. The molecule has 16 heavy (non-hydrogen) atoms. The van der Waals surface area contributed by atoms with Crippen LogP contribution in [0.2, 0.25) is 0 Å². The second kappa shape index (κ2) is 5.04. The lowest BCUT2D eigenvalue weighted by atomic mass is 9.74. The van der Waals surface area contributed by atoms with Gasteiger partial charge in [0.05, 0.1) is 0 Å². The number of carbonyl (C=O) groups is 1. The summed E-state index contributed by atoms with van der Waals surface area (Å²) in [5.41, 5.74) is 6.03. The average Bonchev–Trinajstić information content (AvgIpc) is 3.12. The van der Waals surface area contributed by atoms with E-state index in [0.717, 1.165) is 32.2 Å². The Morgan fingerprint density at radius 1 is 1.25 bits per heavy atom. The molecule has 2 amide bonds. The van der Waals surface area contributed by atoms with Gasteiger partial charge < -0.3 is 16.4 Å². The second-order valence-corrected chi connectivity index (χ2v) is 5.37. The van der Waals surface area contributed by atoms with Gasteiger partial charge in [-0.25, -0.2) is 4.79 Å². The zero-order chi connectivity index (χ0) is 11.4. The van der Waals surface area contributed by atoms with Crippen molar-refractivity contribution in [1.29, 1.82) is 0 Å². The number of hydrogen-bond donors (Lipinski definition) is 3. The summed E-state index contributed by atoms with van der Waals surface area (Å²) < 4.78 is 0.